The van der Waals surface area contributed by atoms with Gasteiger partial charge >= 0.3 is 0 Å². The lowest BCUT2D eigenvalue weighted by Gasteiger charge is -2.20. The minimum atomic E-state index is -0.492. The molecule has 3 N–H and O–H groups in total. The Kier molecular flexibility index (Phi) is 7.54. The Balaban J connectivity index is 3.99. The van der Waals surface area contributed by atoms with Gasteiger partial charge in [0.1, 0.15) is 0 Å². The molecule has 0 rings (SSSR count). The maximum Gasteiger partial charge on any atom is 0.239 e. The molecule has 0 aliphatic rings. The van der Waals surface area contributed by atoms with E-state index in [9.17, 15) is 9.59 Å². The lowest BCUT2D eigenvalue weighted by atomic mass is 10.1. The molecule has 0 fully saturated rings. The van der Waals surface area contributed by atoms with E-state index < -0.39 is 6.04 Å². The van der Waals surface area contributed by atoms with Crippen molar-refractivity contribution in [3.8, 4) is 0 Å². The minimum Gasteiger partial charge on any atom is -0.355 e. The second-order valence-electron chi connectivity index (χ2n) is 3.94. The molecule has 2 amide bonds. The topological polar surface area (TPSA) is 75.4 Å². The third-order valence-electron chi connectivity index (χ3n) is 2.25. The Morgan fingerprint density at radius 3 is 2.44 bits per heavy atom. The van der Waals surface area contributed by atoms with Gasteiger partial charge in [-0.25, -0.2) is 0 Å². The molecular formula is C11H23N3O2. The summed E-state index contributed by atoms with van der Waals surface area (Å²) in [5, 5.41) is 2.72. The molecule has 1 unspecified atom stereocenters. The Morgan fingerprint density at radius 2 is 1.94 bits per heavy atom. The summed E-state index contributed by atoms with van der Waals surface area (Å²) in [4.78, 5) is 24.4. The van der Waals surface area contributed by atoms with Crippen LogP contribution >= 0.6 is 0 Å². The SMILES string of the molecule is CCCNC(=O)CN(C)C(=O)C(N)CCC. The summed E-state index contributed by atoms with van der Waals surface area (Å²) in [5.74, 6) is -0.310. The fourth-order valence-corrected chi connectivity index (χ4v) is 1.33. The van der Waals surface area contributed by atoms with Gasteiger partial charge < -0.3 is 16.0 Å². The summed E-state index contributed by atoms with van der Waals surface area (Å²) in [7, 11) is 1.60. The first-order chi connectivity index (χ1) is 7.52. The van der Waals surface area contributed by atoms with E-state index in [2.05, 4.69) is 5.32 Å². The number of hydrogen-bond acceptors (Lipinski definition) is 3. The maximum atomic E-state index is 11.7. The first-order valence-corrected chi connectivity index (χ1v) is 5.80. The third kappa shape index (κ3) is 5.70. The summed E-state index contributed by atoms with van der Waals surface area (Å²) in [6.45, 7) is 4.67. The van der Waals surface area contributed by atoms with Crippen molar-refractivity contribution in [3.05, 3.63) is 0 Å². The normalized spacial score (nSPS) is 12.0. The number of carbonyl (C=O) groups excluding carboxylic acids is 2. The van der Waals surface area contributed by atoms with Crippen molar-refractivity contribution in [2.24, 2.45) is 5.73 Å². The molecule has 5 nitrogen and oxygen atoms in total. The molecule has 0 saturated heterocycles. The number of carbonyl (C=O) groups is 2. The van der Waals surface area contributed by atoms with Gasteiger partial charge in [-0.2, -0.15) is 0 Å². The fourth-order valence-electron chi connectivity index (χ4n) is 1.33. The highest BCUT2D eigenvalue weighted by atomic mass is 16.2. The van der Waals surface area contributed by atoms with E-state index in [1.807, 2.05) is 13.8 Å². The molecule has 0 bridgehead atoms. The standard InChI is InChI=1S/C11H23N3O2/c1-4-6-9(12)11(16)14(3)8-10(15)13-7-5-2/h9H,4-8,12H2,1-3H3,(H,13,15). The van der Waals surface area contributed by atoms with Crippen LogP contribution in [0.4, 0.5) is 0 Å². The van der Waals surface area contributed by atoms with Crippen molar-refractivity contribution in [3.63, 3.8) is 0 Å². The Morgan fingerprint density at radius 1 is 1.31 bits per heavy atom. The van der Waals surface area contributed by atoms with Gasteiger partial charge in [-0.15, -0.1) is 0 Å². The highest BCUT2D eigenvalue weighted by Gasteiger charge is 2.18. The van der Waals surface area contributed by atoms with Gasteiger partial charge in [-0.1, -0.05) is 20.3 Å². The summed E-state index contributed by atoms with van der Waals surface area (Å²) in [5.41, 5.74) is 5.68. The second-order valence-corrected chi connectivity index (χ2v) is 3.94. The van der Waals surface area contributed by atoms with Crippen LogP contribution in [-0.4, -0.2) is 42.9 Å². The first-order valence-electron chi connectivity index (χ1n) is 5.80. The van der Waals surface area contributed by atoms with Gasteiger partial charge in [0.25, 0.3) is 0 Å². The molecule has 0 aliphatic heterocycles. The van der Waals surface area contributed by atoms with Gasteiger partial charge in [0, 0.05) is 13.6 Å². The monoisotopic (exact) mass is 229 g/mol. The summed E-state index contributed by atoms with van der Waals surface area (Å²) in [6, 6.07) is -0.492. The maximum absolute atomic E-state index is 11.7. The molecule has 0 aliphatic carbocycles. The van der Waals surface area contributed by atoms with Crippen molar-refractivity contribution in [2.75, 3.05) is 20.1 Å². The van der Waals surface area contributed by atoms with Crippen molar-refractivity contribution < 1.29 is 9.59 Å². The van der Waals surface area contributed by atoms with Crippen LogP contribution in [0.3, 0.4) is 0 Å². The van der Waals surface area contributed by atoms with E-state index in [1.165, 1.54) is 4.90 Å². The molecule has 0 aromatic carbocycles. The molecule has 0 aromatic rings. The number of nitrogens with zero attached hydrogens (tertiary/aromatic N) is 1. The second kappa shape index (κ2) is 8.10. The quantitative estimate of drug-likeness (QED) is 0.650. The average molecular weight is 229 g/mol. The number of hydrogen-bond donors (Lipinski definition) is 2. The van der Waals surface area contributed by atoms with Crippen LogP contribution in [-0.2, 0) is 9.59 Å². The number of nitrogens with one attached hydrogen (secondary N) is 1. The van der Waals surface area contributed by atoms with Crippen molar-refractivity contribution >= 4 is 11.8 Å². The van der Waals surface area contributed by atoms with E-state index in [4.69, 9.17) is 5.73 Å². The molecule has 16 heavy (non-hydrogen) atoms. The first kappa shape index (κ1) is 14.9. The molecule has 0 aromatic heterocycles. The molecule has 1 atom stereocenters. The van der Waals surface area contributed by atoms with Crippen LogP contribution in [0.5, 0.6) is 0 Å². The predicted octanol–water partition coefficient (Wildman–Crippen LogP) is 0.0984. The average Bonchev–Trinajstić information content (AvgIpc) is 2.25. The minimum absolute atomic E-state index is 0.0796. The van der Waals surface area contributed by atoms with Crippen LogP contribution in [0.2, 0.25) is 0 Å². The van der Waals surface area contributed by atoms with Gasteiger partial charge in [0.15, 0.2) is 0 Å². The molecule has 0 saturated carbocycles. The molecule has 0 radical (unpaired) electrons. The number of rotatable bonds is 7. The Bertz CT molecular complexity index is 231. The zero-order chi connectivity index (χ0) is 12.6. The highest BCUT2D eigenvalue weighted by molar-refractivity contribution is 5.87. The number of amides is 2. The molecule has 0 spiro atoms. The van der Waals surface area contributed by atoms with Crippen molar-refractivity contribution in [2.45, 2.75) is 39.2 Å². The molecular weight excluding hydrogens is 206 g/mol. The summed E-state index contributed by atoms with van der Waals surface area (Å²) < 4.78 is 0. The van der Waals surface area contributed by atoms with Crippen LogP contribution in [0.15, 0.2) is 0 Å². The van der Waals surface area contributed by atoms with Crippen LogP contribution < -0.4 is 11.1 Å². The number of likely N-dealkylation sites (N-methyl/N-ethyl adjacent to an activating group) is 1. The van der Waals surface area contributed by atoms with Gasteiger partial charge in [0.2, 0.25) is 11.8 Å². The predicted molar refractivity (Wildman–Crippen MR) is 63.8 cm³/mol. The van der Waals surface area contributed by atoms with E-state index in [1.54, 1.807) is 7.05 Å². The molecule has 5 heteroatoms. The summed E-state index contributed by atoms with van der Waals surface area (Å²) >= 11 is 0. The van der Waals surface area contributed by atoms with E-state index in [0.29, 0.717) is 13.0 Å². The van der Waals surface area contributed by atoms with Crippen molar-refractivity contribution in [1.82, 2.24) is 10.2 Å². The zero-order valence-corrected chi connectivity index (χ0v) is 10.5. The van der Waals surface area contributed by atoms with E-state index in [-0.39, 0.29) is 18.4 Å². The largest absolute Gasteiger partial charge is 0.355 e. The molecule has 0 heterocycles. The van der Waals surface area contributed by atoms with Gasteiger partial charge in [0.05, 0.1) is 12.6 Å². The third-order valence-corrected chi connectivity index (χ3v) is 2.25. The Labute approximate surface area is 97.4 Å². The lowest BCUT2D eigenvalue weighted by molar-refractivity contribution is -0.135. The van der Waals surface area contributed by atoms with Crippen LogP contribution in [0.1, 0.15) is 33.1 Å². The van der Waals surface area contributed by atoms with Crippen molar-refractivity contribution in [1.29, 1.82) is 0 Å². The Hall–Kier alpha value is -1.10. The van der Waals surface area contributed by atoms with Gasteiger partial charge in [-0.3, -0.25) is 9.59 Å². The highest BCUT2D eigenvalue weighted by Crippen LogP contribution is 1.97. The van der Waals surface area contributed by atoms with Crippen LogP contribution in [0.25, 0.3) is 0 Å². The fraction of sp³-hybridized carbons (Fsp3) is 0.818. The van der Waals surface area contributed by atoms with E-state index >= 15 is 0 Å². The lowest BCUT2D eigenvalue weighted by Crippen LogP contribution is -2.45. The number of nitrogens with two attached hydrogens (primary N) is 1. The smallest absolute Gasteiger partial charge is 0.239 e. The van der Waals surface area contributed by atoms with Crippen LogP contribution in [0, 0.1) is 0 Å². The van der Waals surface area contributed by atoms with Gasteiger partial charge in [-0.05, 0) is 12.8 Å². The zero-order valence-electron chi connectivity index (χ0n) is 10.5. The molecule has 94 valence electrons. The van der Waals surface area contributed by atoms with E-state index in [0.717, 1.165) is 12.8 Å². The summed E-state index contributed by atoms with van der Waals surface area (Å²) in [6.07, 6.45) is 2.40.